The summed E-state index contributed by atoms with van der Waals surface area (Å²) in [6.45, 7) is 1.84. The van der Waals surface area contributed by atoms with E-state index in [1.54, 1.807) is 24.5 Å². The molecule has 102 valence electrons. The molecule has 20 heavy (non-hydrogen) atoms. The Morgan fingerprint density at radius 2 is 2.20 bits per heavy atom. The lowest BCUT2D eigenvalue weighted by Crippen LogP contribution is -1.95. The molecule has 0 radical (unpaired) electrons. The lowest BCUT2D eigenvalue weighted by molar-refractivity contribution is 0.0988. The first-order valence-electron chi connectivity index (χ1n) is 6.05. The van der Waals surface area contributed by atoms with Crippen LogP contribution < -0.4 is 5.73 Å². The third-order valence-corrected chi connectivity index (χ3v) is 2.56. The highest BCUT2D eigenvalue weighted by Gasteiger charge is 2.00. The summed E-state index contributed by atoms with van der Waals surface area (Å²) in [4.78, 5) is 29.2. The number of Topliss-reactive ketones (excluding diaryl/α,β-unsaturated/α-hetero) is 1. The van der Waals surface area contributed by atoms with Gasteiger partial charge in [-0.15, -0.1) is 0 Å². The molecule has 3 heterocycles. The quantitative estimate of drug-likeness (QED) is 0.684. The lowest BCUT2D eigenvalue weighted by Gasteiger charge is -1.92. The van der Waals surface area contributed by atoms with E-state index in [0.717, 1.165) is 0 Å². The van der Waals surface area contributed by atoms with Crippen molar-refractivity contribution in [3.8, 4) is 0 Å². The van der Waals surface area contributed by atoms with E-state index in [2.05, 4.69) is 24.9 Å². The highest BCUT2D eigenvalue weighted by atomic mass is 16.1. The van der Waals surface area contributed by atoms with Crippen molar-refractivity contribution >= 4 is 22.8 Å². The number of fused-ring (bicyclic) bond motifs is 1. The first-order valence-corrected chi connectivity index (χ1v) is 6.05. The van der Waals surface area contributed by atoms with Crippen molar-refractivity contribution in [2.24, 2.45) is 0 Å². The number of H-pyrrole nitrogens is 1. The smallest absolute Gasteiger partial charge is 0.182 e. The Bertz CT molecular complexity index is 694. The summed E-state index contributed by atoms with van der Waals surface area (Å²) in [5, 5.41) is 0. The summed E-state index contributed by atoms with van der Waals surface area (Å²) in [5.74, 6) is 0.579. The Balaban J connectivity index is 0.000000147. The van der Waals surface area contributed by atoms with E-state index >= 15 is 0 Å². The zero-order valence-electron chi connectivity index (χ0n) is 10.9. The number of nitrogens with zero attached hydrogens (tertiary/aromatic N) is 4. The minimum Gasteiger partial charge on any atom is -0.382 e. The Morgan fingerprint density at radius 1 is 1.35 bits per heavy atom. The maximum Gasteiger partial charge on any atom is 0.182 e. The van der Waals surface area contributed by atoms with Crippen molar-refractivity contribution in [1.29, 1.82) is 0 Å². The number of rotatable bonds is 2. The molecule has 0 saturated carbocycles. The van der Waals surface area contributed by atoms with Gasteiger partial charge in [0, 0.05) is 24.4 Å². The van der Waals surface area contributed by atoms with Gasteiger partial charge >= 0.3 is 0 Å². The molecule has 7 nitrogen and oxygen atoms in total. The van der Waals surface area contributed by atoms with Gasteiger partial charge in [-0.25, -0.2) is 15.0 Å². The molecule has 0 fully saturated rings. The third kappa shape index (κ3) is 3.14. The number of aromatic amines is 1. The first-order chi connectivity index (χ1) is 9.72. The summed E-state index contributed by atoms with van der Waals surface area (Å²) in [5.41, 5.74) is 7.48. The Hall–Kier alpha value is -2.83. The number of ketones is 1. The fourth-order valence-electron chi connectivity index (χ4n) is 1.52. The minimum absolute atomic E-state index is 0.146. The van der Waals surface area contributed by atoms with E-state index in [0.29, 0.717) is 29.0 Å². The Morgan fingerprint density at radius 3 is 2.85 bits per heavy atom. The molecule has 0 unspecified atom stereocenters. The molecule has 3 aromatic heterocycles. The highest BCUT2D eigenvalue weighted by molar-refractivity contribution is 5.95. The second-order valence-electron chi connectivity index (χ2n) is 3.88. The SMILES string of the molecule is CCC(=O)c1cccnc1.Nc1ncnc2nc[nH]c12. The fourth-order valence-corrected chi connectivity index (χ4v) is 1.52. The van der Waals surface area contributed by atoms with E-state index in [1.807, 2.05) is 6.92 Å². The van der Waals surface area contributed by atoms with Gasteiger partial charge in [0.2, 0.25) is 0 Å². The van der Waals surface area contributed by atoms with E-state index in [-0.39, 0.29) is 5.78 Å². The van der Waals surface area contributed by atoms with Gasteiger partial charge in [0.15, 0.2) is 17.2 Å². The predicted octanol–water partition coefficient (Wildman–Crippen LogP) is 1.61. The summed E-state index contributed by atoms with van der Waals surface area (Å²) >= 11 is 0. The second-order valence-corrected chi connectivity index (χ2v) is 3.88. The average Bonchev–Trinajstić information content (AvgIpc) is 2.98. The van der Waals surface area contributed by atoms with Crippen LogP contribution >= 0.6 is 0 Å². The Kier molecular flexibility index (Phi) is 4.33. The second kappa shape index (κ2) is 6.37. The standard InChI is InChI=1S/C8H9NO.C5H5N5/c1-2-8(10)7-4-3-5-9-6-7;6-4-3-5(9-1-7-3)10-2-8-4/h3-6H,2H2,1H3;1-2H,(H3,6,7,8,9,10). The van der Waals surface area contributed by atoms with Crippen LogP contribution in [0.5, 0.6) is 0 Å². The lowest BCUT2D eigenvalue weighted by atomic mass is 10.1. The number of hydrogen-bond donors (Lipinski definition) is 2. The molecule has 0 atom stereocenters. The van der Waals surface area contributed by atoms with E-state index in [1.165, 1.54) is 12.7 Å². The minimum atomic E-state index is 0.146. The van der Waals surface area contributed by atoms with Crippen LogP contribution in [0.3, 0.4) is 0 Å². The molecule has 7 heteroatoms. The van der Waals surface area contributed by atoms with Crippen LogP contribution in [-0.4, -0.2) is 30.7 Å². The van der Waals surface area contributed by atoms with Gasteiger partial charge in [0.05, 0.1) is 6.33 Å². The summed E-state index contributed by atoms with van der Waals surface area (Å²) in [6.07, 6.45) is 6.72. The molecule has 3 aromatic rings. The van der Waals surface area contributed by atoms with Crippen molar-refractivity contribution < 1.29 is 4.79 Å². The van der Waals surface area contributed by atoms with E-state index in [9.17, 15) is 4.79 Å². The number of carbonyl (C=O) groups is 1. The number of hydrogen-bond acceptors (Lipinski definition) is 6. The number of aromatic nitrogens is 5. The topological polar surface area (TPSA) is 110 Å². The monoisotopic (exact) mass is 270 g/mol. The van der Waals surface area contributed by atoms with Crippen molar-refractivity contribution in [3.63, 3.8) is 0 Å². The predicted molar refractivity (Wildman–Crippen MR) is 75.0 cm³/mol. The normalized spacial score (nSPS) is 9.85. The van der Waals surface area contributed by atoms with Crippen LogP contribution in [0.4, 0.5) is 5.82 Å². The molecule has 0 bridgehead atoms. The number of nitrogen functional groups attached to an aromatic ring is 1. The zero-order valence-corrected chi connectivity index (χ0v) is 10.9. The van der Waals surface area contributed by atoms with Crippen LogP contribution in [0, 0.1) is 0 Å². The molecule has 0 spiro atoms. The third-order valence-electron chi connectivity index (χ3n) is 2.56. The molecular formula is C13H14N6O. The number of anilines is 1. The van der Waals surface area contributed by atoms with Gasteiger partial charge in [0.1, 0.15) is 11.8 Å². The van der Waals surface area contributed by atoms with E-state index in [4.69, 9.17) is 5.73 Å². The molecule has 0 aliphatic heterocycles. The van der Waals surface area contributed by atoms with Gasteiger partial charge in [0.25, 0.3) is 0 Å². The van der Waals surface area contributed by atoms with Crippen molar-refractivity contribution in [1.82, 2.24) is 24.9 Å². The Labute approximate surface area is 115 Å². The molecule has 3 rings (SSSR count). The first kappa shape index (κ1) is 13.6. The number of imidazole rings is 1. The van der Waals surface area contributed by atoms with Gasteiger partial charge in [-0.3, -0.25) is 9.78 Å². The molecule has 0 aromatic carbocycles. The molecule has 0 amide bonds. The molecule has 0 saturated heterocycles. The molecular weight excluding hydrogens is 256 g/mol. The largest absolute Gasteiger partial charge is 0.382 e. The summed E-state index contributed by atoms with van der Waals surface area (Å²) in [7, 11) is 0. The number of carbonyl (C=O) groups excluding carboxylic acids is 1. The summed E-state index contributed by atoms with van der Waals surface area (Å²) < 4.78 is 0. The van der Waals surface area contributed by atoms with Crippen LogP contribution in [0.25, 0.3) is 11.2 Å². The maximum absolute atomic E-state index is 11.0. The van der Waals surface area contributed by atoms with Crippen LogP contribution in [0.2, 0.25) is 0 Å². The number of nitrogens with one attached hydrogen (secondary N) is 1. The zero-order chi connectivity index (χ0) is 14.4. The number of pyridine rings is 1. The van der Waals surface area contributed by atoms with Crippen molar-refractivity contribution in [2.75, 3.05) is 5.73 Å². The molecule has 0 aliphatic rings. The number of nitrogens with two attached hydrogens (primary N) is 1. The van der Waals surface area contributed by atoms with Gasteiger partial charge in [-0.2, -0.15) is 0 Å². The van der Waals surface area contributed by atoms with Crippen LogP contribution in [0.1, 0.15) is 23.7 Å². The van der Waals surface area contributed by atoms with Gasteiger partial charge in [-0.05, 0) is 12.1 Å². The van der Waals surface area contributed by atoms with Crippen LogP contribution in [-0.2, 0) is 0 Å². The van der Waals surface area contributed by atoms with Crippen molar-refractivity contribution in [3.05, 3.63) is 42.7 Å². The van der Waals surface area contributed by atoms with Crippen LogP contribution in [0.15, 0.2) is 37.2 Å². The van der Waals surface area contributed by atoms with Gasteiger partial charge < -0.3 is 10.7 Å². The molecule has 3 N–H and O–H groups in total. The maximum atomic E-state index is 11.0. The van der Waals surface area contributed by atoms with Gasteiger partial charge in [-0.1, -0.05) is 6.92 Å². The fraction of sp³-hybridized carbons (Fsp3) is 0.154. The van der Waals surface area contributed by atoms with Crippen molar-refractivity contribution in [2.45, 2.75) is 13.3 Å². The highest BCUT2D eigenvalue weighted by Crippen LogP contribution is 2.09. The van der Waals surface area contributed by atoms with E-state index < -0.39 is 0 Å². The average molecular weight is 270 g/mol. The summed E-state index contributed by atoms with van der Waals surface area (Å²) in [6, 6.07) is 3.54. The molecule has 0 aliphatic carbocycles.